The van der Waals surface area contributed by atoms with E-state index in [1.807, 2.05) is 0 Å². The van der Waals surface area contributed by atoms with Gasteiger partial charge in [0.1, 0.15) is 0 Å². The largest absolute Gasteiger partial charge is 0.464 e. The van der Waals surface area contributed by atoms with E-state index in [2.05, 4.69) is 4.74 Å². The van der Waals surface area contributed by atoms with Gasteiger partial charge in [-0.25, -0.2) is 4.79 Å². The van der Waals surface area contributed by atoms with Gasteiger partial charge in [0, 0.05) is 0 Å². The summed E-state index contributed by atoms with van der Waals surface area (Å²) in [6.07, 6.45) is -1.51. The summed E-state index contributed by atoms with van der Waals surface area (Å²) >= 11 is 0. The highest BCUT2D eigenvalue weighted by molar-refractivity contribution is 7.54. The molecule has 0 aromatic carbocycles. The van der Waals surface area contributed by atoms with E-state index in [0.29, 0.717) is 0 Å². The van der Waals surface area contributed by atoms with Crippen LogP contribution in [0.5, 0.6) is 0 Å². The summed E-state index contributed by atoms with van der Waals surface area (Å²) in [5, 5.41) is 9.70. The number of ether oxygens (including phenoxy) is 1. The molecule has 2 atom stereocenters. The van der Waals surface area contributed by atoms with E-state index in [4.69, 9.17) is 9.05 Å². The molecule has 0 aliphatic rings. The minimum atomic E-state index is -3.49. The summed E-state index contributed by atoms with van der Waals surface area (Å²) in [6, 6.07) is 0. The first kappa shape index (κ1) is 16.6. The van der Waals surface area contributed by atoms with Crippen LogP contribution in [0.3, 0.4) is 0 Å². The molecule has 0 aromatic rings. The van der Waals surface area contributed by atoms with Crippen molar-refractivity contribution in [2.75, 3.05) is 19.8 Å². The number of aliphatic hydroxyl groups is 1. The maximum Gasteiger partial charge on any atom is 0.336 e. The van der Waals surface area contributed by atoms with Gasteiger partial charge in [0.2, 0.25) is 0 Å². The van der Waals surface area contributed by atoms with Crippen molar-refractivity contribution in [3.63, 3.8) is 0 Å². The molecule has 0 aliphatic carbocycles. The summed E-state index contributed by atoms with van der Waals surface area (Å²) in [7, 11) is -3.49. The number of esters is 1. The van der Waals surface area contributed by atoms with Crippen LogP contribution in [0.1, 0.15) is 27.7 Å². The van der Waals surface area contributed by atoms with E-state index in [-0.39, 0.29) is 19.8 Å². The zero-order chi connectivity index (χ0) is 13.5. The predicted octanol–water partition coefficient (Wildman–Crippen LogP) is 1.56. The second kappa shape index (κ2) is 7.82. The third-order valence-electron chi connectivity index (χ3n) is 2.10. The molecule has 6 nitrogen and oxygen atoms in total. The Morgan fingerprint density at radius 1 is 1.18 bits per heavy atom. The van der Waals surface area contributed by atoms with Crippen molar-refractivity contribution >= 4 is 13.6 Å². The van der Waals surface area contributed by atoms with Crippen LogP contribution in [0.15, 0.2) is 0 Å². The Labute approximate surface area is 102 Å². The second-order valence-electron chi connectivity index (χ2n) is 3.31. The summed E-state index contributed by atoms with van der Waals surface area (Å²) in [5.41, 5.74) is -0.957. The van der Waals surface area contributed by atoms with Gasteiger partial charge in [-0.2, -0.15) is 0 Å². The summed E-state index contributed by atoms with van der Waals surface area (Å²) in [6.45, 7) is 6.89. The normalized spacial score (nSPS) is 15.4. The Hall–Kier alpha value is -0.420. The van der Waals surface area contributed by atoms with Crippen LogP contribution in [0, 0.1) is 0 Å². The van der Waals surface area contributed by atoms with Gasteiger partial charge in [0.05, 0.1) is 25.5 Å². The van der Waals surface area contributed by atoms with Gasteiger partial charge in [0.15, 0.2) is 6.10 Å². The average molecular weight is 268 g/mol. The molecule has 0 radical (unpaired) electrons. The van der Waals surface area contributed by atoms with Gasteiger partial charge < -0.3 is 18.9 Å². The molecule has 0 spiro atoms. The third-order valence-corrected chi connectivity index (χ3v) is 4.62. The van der Waals surface area contributed by atoms with Crippen LogP contribution in [0.25, 0.3) is 0 Å². The molecule has 0 unspecified atom stereocenters. The van der Waals surface area contributed by atoms with Crippen LogP contribution in [0.4, 0.5) is 0 Å². The molecule has 1 N–H and O–H groups in total. The van der Waals surface area contributed by atoms with E-state index in [0.717, 1.165) is 0 Å². The number of hydrogen-bond donors (Lipinski definition) is 1. The van der Waals surface area contributed by atoms with Gasteiger partial charge >= 0.3 is 13.6 Å². The lowest BCUT2D eigenvalue weighted by molar-refractivity contribution is -0.153. The van der Waals surface area contributed by atoms with Crippen LogP contribution in [-0.4, -0.2) is 42.7 Å². The highest BCUT2D eigenvalue weighted by atomic mass is 31.2. The van der Waals surface area contributed by atoms with Crippen molar-refractivity contribution in [3.8, 4) is 0 Å². The lowest BCUT2D eigenvalue weighted by Gasteiger charge is -2.25. The molecular weight excluding hydrogens is 247 g/mol. The molecule has 0 rings (SSSR count). The molecule has 17 heavy (non-hydrogen) atoms. The van der Waals surface area contributed by atoms with Crippen LogP contribution in [-0.2, 0) is 23.1 Å². The monoisotopic (exact) mass is 268 g/mol. The van der Waals surface area contributed by atoms with Crippen molar-refractivity contribution in [2.45, 2.75) is 39.5 Å². The predicted molar refractivity (Wildman–Crippen MR) is 63.0 cm³/mol. The zero-order valence-electron chi connectivity index (χ0n) is 10.7. The first-order valence-electron chi connectivity index (χ1n) is 5.66. The van der Waals surface area contributed by atoms with E-state index < -0.39 is 25.3 Å². The number of carbonyl (C=O) groups excluding carboxylic acids is 1. The van der Waals surface area contributed by atoms with Gasteiger partial charge in [0.25, 0.3) is 0 Å². The fourth-order valence-electron chi connectivity index (χ4n) is 1.23. The molecule has 0 amide bonds. The van der Waals surface area contributed by atoms with Crippen molar-refractivity contribution in [2.24, 2.45) is 0 Å². The molecule has 0 aromatic heterocycles. The fourth-order valence-corrected chi connectivity index (χ4v) is 2.96. The zero-order valence-corrected chi connectivity index (χ0v) is 11.6. The maximum absolute atomic E-state index is 12.3. The highest BCUT2D eigenvalue weighted by Crippen LogP contribution is 2.54. The van der Waals surface area contributed by atoms with E-state index in [1.165, 1.54) is 6.92 Å². The Balaban J connectivity index is 4.76. The number of carbonyl (C=O) groups is 1. The standard InChI is InChI=1S/C10H21O6P/c1-5-14-10(12)9(11)8(4)17(13,15-6-2)16-7-3/h8-9,11H,5-7H2,1-4H3/t8-,9+/m1/s1. The van der Waals surface area contributed by atoms with Gasteiger partial charge in [-0.3, -0.25) is 4.57 Å². The SMILES string of the molecule is CCOC(=O)[C@@H](O)[C@@H](C)P(=O)(OCC)OCC. The van der Waals surface area contributed by atoms with Crippen molar-refractivity contribution < 1.29 is 28.3 Å². The molecule has 0 aliphatic heterocycles. The molecule has 0 saturated carbocycles. The number of hydrogen-bond acceptors (Lipinski definition) is 6. The Morgan fingerprint density at radius 3 is 2.00 bits per heavy atom. The summed E-state index contributed by atoms with van der Waals surface area (Å²) in [4.78, 5) is 11.3. The minimum Gasteiger partial charge on any atom is -0.464 e. The fraction of sp³-hybridized carbons (Fsp3) is 0.900. The summed E-state index contributed by atoms with van der Waals surface area (Å²) in [5.74, 6) is -0.820. The second-order valence-corrected chi connectivity index (χ2v) is 5.72. The maximum atomic E-state index is 12.3. The molecule has 0 saturated heterocycles. The van der Waals surface area contributed by atoms with Crippen LogP contribution in [0.2, 0.25) is 0 Å². The van der Waals surface area contributed by atoms with E-state index in [1.54, 1.807) is 20.8 Å². The van der Waals surface area contributed by atoms with Gasteiger partial charge in [-0.1, -0.05) is 0 Å². The lowest BCUT2D eigenvalue weighted by Crippen LogP contribution is -2.34. The Bertz CT molecular complexity index is 270. The van der Waals surface area contributed by atoms with Gasteiger partial charge in [-0.15, -0.1) is 0 Å². The smallest absolute Gasteiger partial charge is 0.336 e. The molecule has 7 heteroatoms. The van der Waals surface area contributed by atoms with Crippen LogP contribution >= 0.6 is 7.60 Å². The van der Waals surface area contributed by atoms with E-state index >= 15 is 0 Å². The number of rotatable bonds is 8. The molecular formula is C10H21O6P. The topological polar surface area (TPSA) is 82.1 Å². The quantitative estimate of drug-likeness (QED) is 0.531. The van der Waals surface area contributed by atoms with Crippen molar-refractivity contribution in [1.29, 1.82) is 0 Å². The Morgan fingerprint density at radius 2 is 1.65 bits per heavy atom. The van der Waals surface area contributed by atoms with Crippen molar-refractivity contribution in [1.82, 2.24) is 0 Å². The minimum absolute atomic E-state index is 0.149. The summed E-state index contributed by atoms with van der Waals surface area (Å²) < 4.78 is 27.0. The molecule has 0 bridgehead atoms. The van der Waals surface area contributed by atoms with Crippen molar-refractivity contribution in [3.05, 3.63) is 0 Å². The van der Waals surface area contributed by atoms with E-state index in [9.17, 15) is 14.5 Å². The average Bonchev–Trinajstić information content (AvgIpc) is 2.28. The number of aliphatic hydroxyl groups excluding tert-OH is 1. The van der Waals surface area contributed by atoms with Crippen LogP contribution < -0.4 is 0 Å². The molecule has 102 valence electrons. The van der Waals surface area contributed by atoms with Gasteiger partial charge in [-0.05, 0) is 27.7 Å². The highest BCUT2D eigenvalue weighted by Gasteiger charge is 2.40. The first-order chi connectivity index (χ1) is 7.92. The first-order valence-corrected chi connectivity index (χ1v) is 7.27. The molecule has 0 fully saturated rings. The third kappa shape index (κ3) is 4.76. The Kier molecular flexibility index (Phi) is 7.63. The lowest BCUT2D eigenvalue weighted by atomic mass is 10.3. The molecule has 0 heterocycles.